The lowest BCUT2D eigenvalue weighted by atomic mass is 10.3. The minimum absolute atomic E-state index is 0.175. The summed E-state index contributed by atoms with van der Waals surface area (Å²) in [6.07, 6.45) is 1.36. The lowest BCUT2D eigenvalue weighted by molar-refractivity contribution is 0.386. The zero-order chi connectivity index (χ0) is 14.1. The van der Waals surface area contributed by atoms with E-state index in [0.29, 0.717) is 17.3 Å². The molecule has 1 aromatic carbocycles. The molecule has 0 atom stereocenters. The topological polar surface area (TPSA) is 64.3 Å². The molecule has 0 spiro atoms. The predicted molar refractivity (Wildman–Crippen MR) is 72.0 cm³/mol. The monoisotopic (exact) mass is 293 g/mol. The van der Waals surface area contributed by atoms with E-state index >= 15 is 0 Å². The lowest BCUT2D eigenvalue weighted by Crippen LogP contribution is -2.02. The molecule has 2 heterocycles. The van der Waals surface area contributed by atoms with Crippen molar-refractivity contribution in [1.29, 1.82) is 0 Å². The van der Waals surface area contributed by atoms with Crippen LogP contribution >= 0.6 is 11.6 Å². The quantitative estimate of drug-likeness (QED) is 0.752. The summed E-state index contributed by atoms with van der Waals surface area (Å²) in [7, 11) is 1.41. The molecule has 0 saturated carbocycles. The molecule has 0 aliphatic heterocycles. The van der Waals surface area contributed by atoms with Gasteiger partial charge in [-0.05, 0) is 12.1 Å². The Kier molecular flexibility index (Phi) is 3.11. The second-order valence-corrected chi connectivity index (χ2v) is 4.30. The molecule has 0 unspecified atom stereocenters. The van der Waals surface area contributed by atoms with Gasteiger partial charge in [-0.1, -0.05) is 11.6 Å². The summed E-state index contributed by atoms with van der Waals surface area (Å²) in [6.45, 7) is 0. The molecular weight excluding hydrogens is 285 g/mol. The predicted octanol–water partition coefficient (Wildman–Crippen LogP) is 2.67. The van der Waals surface area contributed by atoms with Crippen LogP contribution in [0.5, 0.6) is 5.75 Å². The van der Waals surface area contributed by atoms with E-state index in [9.17, 15) is 4.39 Å². The number of nitrogens with one attached hydrogen (secondary N) is 1. The molecule has 3 rings (SSSR count). The fourth-order valence-electron chi connectivity index (χ4n) is 1.76. The van der Waals surface area contributed by atoms with E-state index in [0.717, 1.165) is 0 Å². The smallest absolute Gasteiger partial charge is 0.255 e. The molecule has 102 valence electrons. The van der Waals surface area contributed by atoms with E-state index in [1.54, 1.807) is 12.1 Å². The molecule has 1 N–H and O–H groups in total. The SMILES string of the molecule is COc1ccc(Nc2cc(Cl)nc3ncnn23)cc1F. The van der Waals surface area contributed by atoms with Crippen LogP contribution in [0.1, 0.15) is 0 Å². The van der Waals surface area contributed by atoms with Crippen LogP contribution in [0, 0.1) is 5.82 Å². The van der Waals surface area contributed by atoms with Crippen molar-refractivity contribution in [1.82, 2.24) is 19.6 Å². The van der Waals surface area contributed by atoms with Crippen LogP contribution in [0.4, 0.5) is 15.9 Å². The number of hydrogen-bond donors (Lipinski definition) is 1. The highest BCUT2D eigenvalue weighted by molar-refractivity contribution is 6.29. The number of anilines is 2. The van der Waals surface area contributed by atoms with Gasteiger partial charge >= 0.3 is 0 Å². The summed E-state index contributed by atoms with van der Waals surface area (Å²) >= 11 is 5.90. The van der Waals surface area contributed by atoms with Crippen LogP contribution in [0.3, 0.4) is 0 Å². The Bertz CT molecular complexity index is 776. The standard InChI is InChI=1S/C12H9ClFN5O/c1-20-9-3-2-7(4-8(9)14)17-11-5-10(13)18-12-15-6-16-19(11)12/h2-6,17H,1H3. The largest absolute Gasteiger partial charge is 0.494 e. The summed E-state index contributed by atoms with van der Waals surface area (Å²) in [5, 5.41) is 7.29. The second-order valence-electron chi connectivity index (χ2n) is 3.91. The fraction of sp³-hybridized carbons (Fsp3) is 0.0833. The van der Waals surface area contributed by atoms with E-state index in [1.165, 1.54) is 30.1 Å². The molecule has 8 heteroatoms. The number of aromatic nitrogens is 4. The second kappa shape index (κ2) is 4.93. The molecule has 0 saturated heterocycles. The first-order valence-corrected chi connectivity index (χ1v) is 6.02. The van der Waals surface area contributed by atoms with Crippen molar-refractivity contribution in [2.24, 2.45) is 0 Å². The van der Waals surface area contributed by atoms with Crippen molar-refractivity contribution in [2.75, 3.05) is 12.4 Å². The Morgan fingerprint density at radius 1 is 1.35 bits per heavy atom. The first-order valence-electron chi connectivity index (χ1n) is 5.64. The molecular formula is C12H9ClFN5O. The third-order valence-corrected chi connectivity index (χ3v) is 2.84. The number of fused-ring (bicyclic) bond motifs is 1. The van der Waals surface area contributed by atoms with Gasteiger partial charge < -0.3 is 10.1 Å². The van der Waals surface area contributed by atoms with Crippen molar-refractivity contribution in [3.05, 3.63) is 41.6 Å². The summed E-state index contributed by atoms with van der Waals surface area (Å²) < 4.78 is 20.0. The maximum absolute atomic E-state index is 13.6. The third-order valence-electron chi connectivity index (χ3n) is 2.64. The molecule has 3 aromatic rings. The van der Waals surface area contributed by atoms with Crippen molar-refractivity contribution in [3.8, 4) is 5.75 Å². The van der Waals surface area contributed by atoms with Gasteiger partial charge in [-0.25, -0.2) is 4.39 Å². The summed E-state index contributed by atoms with van der Waals surface area (Å²) in [5.74, 6) is 0.595. The van der Waals surface area contributed by atoms with Gasteiger partial charge in [0.05, 0.1) is 7.11 Å². The molecule has 0 aliphatic rings. The number of rotatable bonds is 3. The molecule has 0 radical (unpaired) electrons. The Morgan fingerprint density at radius 2 is 2.20 bits per heavy atom. The Balaban J connectivity index is 2.00. The van der Waals surface area contributed by atoms with Crippen molar-refractivity contribution in [2.45, 2.75) is 0 Å². The van der Waals surface area contributed by atoms with Gasteiger partial charge in [0.15, 0.2) is 11.6 Å². The van der Waals surface area contributed by atoms with Gasteiger partial charge in [-0.2, -0.15) is 19.6 Å². The normalized spacial score (nSPS) is 10.8. The molecule has 20 heavy (non-hydrogen) atoms. The zero-order valence-electron chi connectivity index (χ0n) is 10.3. The highest BCUT2D eigenvalue weighted by atomic mass is 35.5. The van der Waals surface area contributed by atoms with Crippen LogP contribution in [0.2, 0.25) is 5.15 Å². The van der Waals surface area contributed by atoms with Crippen molar-refractivity contribution in [3.63, 3.8) is 0 Å². The van der Waals surface area contributed by atoms with Crippen LogP contribution in [0.15, 0.2) is 30.6 Å². The van der Waals surface area contributed by atoms with E-state index in [-0.39, 0.29) is 10.9 Å². The first kappa shape index (κ1) is 12.6. The number of halogens is 2. The van der Waals surface area contributed by atoms with Gasteiger partial charge in [0, 0.05) is 17.8 Å². The highest BCUT2D eigenvalue weighted by Crippen LogP contribution is 2.24. The number of methoxy groups -OCH3 is 1. The van der Waals surface area contributed by atoms with E-state index in [4.69, 9.17) is 16.3 Å². The Labute approximate surface area is 118 Å². The first-order chi connectivity index (χ1) is 9.67. The Morgan fingerprint density at radius 3 is 2.95 bits per heavy atom. The van der Waals surface area contributed by atoms with Gasteiger partial charge in [0.1, 0.15) is 17.3 Å². The molecule has 0 aliphatic carbocycles. The van der Waals surface area contributed by atoms with Crippen LogP contribution in [-0.4, -0.2) is 26.7 Å². The molecule has 0 fully saturated rings. The molecule has 0 bridgehead atoms. The van der Waals surface area contributed by atoms with Gasteiger partial charge in [0.2, 0.25) is 0 Å². The minimum Gasteiger partial charge on any atom is -0.494 e. The summed E-state index contributed by atoms with van der Waals surface area (Å²) in [6, 6.07) is 6.10. The van der Waals surface area contributed by atoms with Gasteiger partial charge in [-0.3, -0.25) is 0 Å². The average molecular weight is 294 g/mol. The van der Waals surface area contributed by atoms with Gasteiger partial charge in [-0.15, -0.1) is 0 Å². The minimum atomic E-state index is -0.465. The van der Waals surface area contributed by atoms with E-state index in [1.807, 2.05) is 0 Å². The highest BCUT2D eigenvalue weighted by Gasteiger charge is 2.08. The number of ether oxygens (including phenoxy) is 1. The van der Waals surface area contributed by atoms with Crippen molar-refractivity contribution >= 4 is 28.9 Å². The maximum Gasteiger partial charge on any atom is 0.255 e. The van der Waals surface area contributed by atoms with Crippen LogP contribution in [0.25, 0.3) is 5.78 Å². The van der Waals surface area contributed by atoms with Crippen LogP contribution in [-0.2, 0) is 0 Å². The average Bonchev–Trinajstić information content (AvgIpc) is 2.87. The van der Waals surface area contributed by atoms with Crippen LogP contribution < -0.4 is 10.1 Å². The van der Waals surface area contributed by atoms with Gasteiger partial charge in [0.25, 0.3) is 5.78 Å². The Hall–Kier alpha value is -2.41. The lowest BCUT2D eigenvalue weighted by Gasteiger charge is -2.09. The third kappa shape index (κ3) is 2.23. The fourth-order valence-corrected chi connectivity index (χ4v) is 1.94. The van der Waals surface area contributed by atoms with E-state index < -0.39 is 5.82 Å². The molecule has 6 nitrogen and oxygen atoms in total. The summed E-state index contributed by atoms with van der Waals surface area (Å²) in [4.78, 5) is 7.95. The van der Waals surface area contributed by atoms with Crippen molar-refractivity contribution < 1.29 is 9.13 Å². The number of nitrogens with zero attached hydrogens (tertiary/aromatic N) is 4. The van der Waals surface area contributed by atoms with E-state index in [2.05, 4.69) is 20.4 Å². The zero-order valence-corrected chi connectivity index (χ0v) is 11.1. The molecule has 0 amide bonds. The number of hydrogen-bond acceptors (Lipinski definition) is 5. The maximum atomic E-state index is 13.6. The summed E-state index contributed by atoms with van der Waals surface area (Å²) in [5.41, 5.74) is 0.530. The number of benzene rings is 1. The molecule has 2 aromatic heterocycles.